The fourth-order valence-corrected chi connectivity index (χ4v) is 3.71. The summed E-state index contributed by atoms with van der Waals surface area (Å²) in [5.41, 5.74) is 0. The van der Waals surface area contributed by atoms with Gasteiger partial charge in [-0.1, -0.05) is 19.8 Å². The van der Waals surface area contributed by atoms with Crippen LogP contribution in [0.3, 0.4) is 0 Å². The molecule has 2 unspecified atom stereocenters. The van der Waals surface area contributed by atoms with Crippen LogP contribution in [0.1, 0.15) is 51.9 Å². The van der Waals surface area contributed by atoms with Crippen molar-refractivity contribution >= 4 is 5.97 Å². The zero-order chi connectivity index (χ0) is 12.3. The molecule has 98 valence electrons. The zero-order valence-electron chi connectivity index (χ0n) is 10.9. The Bertz CT molecular complexity index is 259. The van der Waals surface area contributed by atoms with Crippen molar-refractivity contribution in [3.05, 3.63) is 0 Å². The summed E-state index contributed by atoms with van der Waals surface area (Å²) in [5, 5.41) is 8.81. The zero-order valence-corrected chi connectivity index (χ0v) is 10.9. The number of carboxylic acids is 1. The first-order valence-electron chi connectivity index (χ1n) is 7.16. The van der Waals surface area contributed by atoms with E-state index < -0.39 is 5.97 Å². The average Bonchev–Trinajstić information content (AvgIpc) is 2.77. The highest BCUT2D eigenvalue weighted by Crippen LogP contribution is 2.34. The van der Waals surface area contributed by atoms with Gasteiger partial charge in [0.05, 0.1) is 0 Å². The quantitative estimate of drug-likeness (QED) is 0.820. The Labute approximate surface area is 104 Å². The summed E-state index contributed by atoms with van der Waals surface area (Å²) in [7, 11) is 0. The van der Waals surface area contributed by atoms with Crippen molar-refractivity contribution in [2.45, 2.75) is 57.9 Å². The molecule has 17 heavy (non-hydrogen) atoms. The second kappa shape index (κ2) is 5.85. The number of hydrogen-bond acceptors (Lipinski definition) is 2. The van der Waals surface area contributed by atoms with Crippen LogP contribution >= 0.6 is 0 Å². The molecule has 0 spiro atoms. The Kier molecular flexibility index (Phi) is 4.43. The van der Waals surface area contributed by atoms with Crippen LogP contribution in [-0.2, 0) is 4.79 Å². The molecular weight excluding hydrogens is 214 g/mol. The molecule has 0 aromatic heterocycles. The molecule has 1 saturated carbocycles. The third-order valence-corrected chi connectivity index (χ3v) is 4.72. The smallest absolute Gasteiger partial charge is 0.303 e. The van der Waals surface area contributed by atoms with E-state index in [2.05, 4.69) is 11.8 Å². The van der Waals surface area contributed by atoms with E-state index in [1.807, 2.05) is 0 Å². The summed E-state index contributed by atoms with van der Waals surface area (Å²) in [4.78, 5) is 13.3. The minimum Gasteiger partial charge on any atom is -0.481 e. The molecule has 1 heterocycles. The van der Waals surface area contributed by atoms with E-state index in [0.29, 0.717) is 12.3 Å². The molecule has 0 bridgehead atoms. The maximum atomic E-state index is 10.7. The highest BCUT2D eigenvalue weighted by atomic mass is 16.4. The molecule has 2 rings (SSSR count). The van der Waals surface area contributed by atoms with Crippen molar-refractivity contribution in [2.24, 2.45) is 11.8 Å². The first kappa shape index (κ1) is 12.9. The highest BCUT2D eigenvalue weighted by molar-refractivity contribution is 5.67. The summed E-state index contributed by atoms with van der Waals surface area (Å²) in [6.07, 6.45) is 7.99. The Hall–Kier alpha value is -0.570. The fourth-order valence-electron chi connectivity index (χ4n) is 3.71. The van der Waals surface area contributed by atoms with Gasteiger partial charge in [-0.15, -0.1) is 0 Å². The normalized spacial score (nSPS) is 31.8. The Morgan fingerprint density at radius 3 is 2.53 bits per heavy atom. The molecule has 3 heteroatoms. The van der Waals surface area contributed by atoms with Gasteiger partial charge >= 0.3 is 5.97 Å². The fraction of sp³-hybridized carbons (Fsp3) is 0.929. The van der Waals surface area contributed by atoms with Gasteiger partial charge in [-0.25, -0.2) is 0 Å². The van der Waals surface area contributed by atoms with Crippen LogP contribution in [0.2, 0.25) is 0 Å². The van der Waals surface area contributed by atoms with Crippen LogP contribution in [0.25, 0.3) is 0 Å². The number of carboxylic acid groups (broad SMARTS) is 1. The maximum absolute atomic E-state index is 10.7. The predicted octanol–water partition coefficient (Wildman–Crippen LogP) is 2.75. The lowest BCUT2D eigenvalue weighted by Crippen LogP contribution is -2.43. The molecule has 1 N–H and O–H groups in total. The van der Waals surface area contributed by atoms with Crippen molar-refractivity contribution in [1.82, 2.24) is 4.90 Å². The second-order valence-electron chi connectivity index (χ2n) is 5.74. The summed E-state index contributed by atoms with van der Waals surface area (Å²) in [5.74, 6) is 0.687. The number of piperidine rings is 1. The lowest BCUT2D eigenvalue weighted by atomic mass is 9.90. The summed E-state index contributed by atoms with van der Waals surface area (Å²) < 4.78 is 0. The molecule has 0 amide bonds. The van der Waals surface area contributed by atoms with Crippen molar-refractivity contribution in [1.29, 1.82) is 0 Å². The van der Waals surface area contributed by atoms with E-state index in [1.54, 1.807) is 0 Å². The van der Waals surface area contributed by atoms with Crippen LogP contribution in [0.4, 0.5) is 0 Å². The van der Waals surface area contributed by atoms with E-state index in [9.17, 15) is 4.79 Å². The van der Waals surface area contributed by atoms with Gasteiger partial charge in [0.2, 0.25) is 0 Å². The third kappa shape index (κ3) is 3.21. The van der Waals surface area contributed by atoms with E-state index >= 15 is 0 Å². The standard InChI is InChI=1S/C14H25NO2/c1-2-12-4-3-5-13(12)15-8-6-11(7-9-15)10-14(16)17/h11-13H,2-10H2,1H3,(H,16,17). The first-order valence-corrected chi connectivity index (χ1v) is 7.16. The topological polar surface area (TPSA) is 40.5 Å². The summed E-state index contributed by atoms with van der Waals surface area (Å²) >= 11 is 0. The van der Waals surface area contributed by atoms with Crippen molar-refractivity contribution in [2.75, 3.05) is 13.1 Å². The molecule has 0 aromatic rings. The number of carbonyl (C=O) groups is 1. The highest BCUT2D eigenvalue weighted by Gasteiger charge is 2.33. The van der Waals surface area contributed by atoms with Gasteiger partial charge in [-0.05, 0) is 50.6 Å². The van der Waals surface area contributed by atoms with Gasteiger partial charge < -0.3 is 10.0 Å². The number of aliphatic carboxylic acids is 1. The van der Waals surface area contributed by atoms with E-state index in [1.165, 1.54) is 25.7 Å². The van der Waals surface area contributed by atoms with Crippen molar-refractivity contribution in [3.8, 4) is 0 Å². The van der Waals surface area contributed by atoms with Gasteiger partial charge in [0, 0.05) is 12.5 Å². The minimum atomic E-state index is -0.629. The van der Waals surface area contributed by atoms with E-state index in [4.69, 9.17) is 5.11 Å². The molecule has 0 radical (unpaired) electrons. The lowest BCUT2D eigenvalue weighted by Gasteiger charge is -2.38. The predicted molar refractivity (Wildman–Crippen MR) is 68.0 cm³/mol. The SMILES string of the molecule is CCC1CCCC1N1CCC(CC(=O)O)CC1. The first-order chi connectivity index (χ1) is 8.20. The molecule has 3 nitrogen and oxygen atoms in total. The second-order valence-corrected chi connectivity index (χ2v) is 5.74. The molecule has 0 aromatic carbocycles. The van der Waals surface area contributed by atoms with Gasteiger partial charge in [0.15, 0.2) is 0 Å². The largest absolute Gasteiger partial charge is 0.481 e. The van der Waals surface area contributed by atoms with Gasteiger partial charge in [0.25, 0.3) is 0 Å². The van der Waals surface area contributed by atoms with E-state index in [0.717, 1.165) is 37.9 Å². The molecule has 1 aliphatic heterocycles. The average molecular weight is 239 g/mol. The number of likely N-dealkylation sites (tertiary alicyclic amines) is 1. The Morgan fingerprint density at radius 2 is 1.94 bits per heavy atom. The van der Waals surface area contributed by atoms with Crippen LogP contribution in [0.15, 0.2) is 0 Å². The number of hydrogen-bond donors (Lipinski definition) is 1. The van der Waals surface area contributed by atoms with Crippen LogP contribution in [0.5, 0.6) is 0 Å². The Balaban J connectivity index is 1.80. The van der Waals surface area contributed by atoms with Crippen LogP contribution < -0.4 is 0 Å². The monoisotopic (exact) mass is 239 g/mol. The Morgan fingerprint density at radius 1 is 1.24 bits per heavy atom. The molecule has 2 fully saturated rings. The third-order valence-electron chi connectivity index (χ3n) is 4.72. The van der Waals surface area contributed by atoms with Gasteiger partial charge in [-0.2, -0.15) is 0 Å². The molecule has 2 atom stereocenters. The van der Waals surface area contributed by atoms with Crippen LogP contribution in [-0.4, -0.2) is 35.1 Å². The minimum absolute atomic E-state index is 0.371. The lowest BCUT2D eigenvalue weighted by molar-refractivity contribution is -0.138. The van der Waals surface area contributed by atoms with E-state index in [-0.39, 0.29) is 0 Å². The number of nitrogens with zero attached hydrogens (tertiary/aromatic N) is 1. The van der Waals surface area contributed by atoms with Crippen molar-refractivity contribution in [3.63, 3.8) is 0 Å². The molecular formula is C14H25NO2. The van der Waals surface area contributed by atoms with Gasteiger partial charge in [-0.3, -0.25) is 4.79 Å². The molecule has 1 aliphatic carbocycles. The molecule has 2 aliphatic rings. The molecule has 1 saturated heterocycles. The van der Waals surface area contributed by atoms with Crippen molar-refractivity contribution < 1.29 is 9.90 Å². The summed E-state index contributed by atoms with van der Waals surface area (Å²) in [6, 6.07) is 0.797. The van der Waals surface area contributed by atoms with Gasteiger partial charge in [0.1, 0.15) is 0 Å². The van der Waals surface area contributed by atoms with Crippen LogP contribution in [0, 0.1) is 11.8 Å². The number of rotatable bonds is 4. The summed E-state index contributed by atoms with van der Waals surface area (Å²) in [6.45, 7) is 4.55. The maximum Gasteiger partial charge on any atom is 0.303 e.